The summed E-state index contributed by atoms with van der Waals surface area (Å²) < 4.78 is 12.0. The summed E-state index contributed by atoms with van der Waals surface area (Å²) in [4.78, 5) is 9.53. The van der Waals surface area contributed by atoms with Gasteiger partial charge in [0.05, 0.1) is 6.54 Å². The molecule has 1 heterocycles. The van der Waals surface area contributed by atoms with Gasteiger partial charge in [0.2, 0.25) is 0 Å². The Morgan fingerprint density at radius 2 is 1.81 bits per heavy atom. The topological polar surface area (TPSA) is 47.9 Å². The Hall–Kier alpha value is -1.40. The highest BCUT2D eigenvalue weighted by atomic mass is 32.2. The molecule has 0 bridgehead atoms. The highest BCUT2D eigenvalue weighted by Gasteiger charge is 2.21. The molecule has 6 heteroatoms. The van der Waals surface area contributed by atoms with E-state index >= 15 is 0 Å². The van der Waals surface area contributed by atoms with Crippen LogP contribution >= 0.6 is 0 Å². The smallest absolute Gasteiger partial charge is 0.194 e. The zero-order valence-electron chi connectivity index (χ0n) is 16.7. The minimum absolute atomic E-state index is 0.170. The van der Waals surface area contributed by atoms with Gasteiger partial charge >= 0.3 is 0 Å². The van der Waals surface area contributed by atoms with E-state index in [2.05, 4.69) is 52.4 Å². The predicted molar refractivity (Wildman–Crippen MR) is 112 cm³/mol. The van der Waals surface area contributed by atoms with Crippen LogP contribution in [0, 0.1) is 0 Å². The zero-order valence-corrected chi connectivity index (χ0v) is 17.5. The molecular formula is C20H34N4OS. The van der Waals surface area contributed by atoms with E-state index in [0.29, 0.717) is 12.3 Å². The molecule has 1 aromatic rings. The fourth-order valence-electron chi connectivity index (χ4n) is 2.93. The maximum atomic E-state index is 12.2. The van der Waals surface area contributed by atoms with Crippen LogP contribution in [0.1, 0.15) is 33.3 Å². The van der Waals surface area contributed by atoms with Gasteiger partial charge in [0.1, 0.15) is 0 Å². The van der Waals surface area contributed by atoms with E-state index < -0.39 is 10.8 Å². The van der Waals surface area contributed by atoms with Crippen LogP contribution in [0.4, 0.5) is 0 Å². The van der Waals surface area contributed by atoms with Crippen LogP contribution in [0.25, 0.3) is 0 Å². The van der Waals surface area contributed by atoms with Crippen LogP contribution in [0.5, 0.6) is 0 Å². The fourth-order valence-corrected chi connectivity index (χ4v) is 3.80. The third-order valence-corrected chi connectivity index (χ3v) is 6.40. The molecule has 0 spiro atoms. The number of piperazine rings is 1. The molecule has 1 fully saturated rings. The number of nitrogens with zero attached hydrogens (tertiary/aromatic N) is 3. The molecule has 1 aromatic carbocycles. The molecule has 0 aromatic heterocycles. The Labute approximate surface area is 161 Å². The molecule has 1 saturated heterocycles. The van der Waals surface area contributed by atoms with E-state index in [9.17, 15) is 4.21 Å². The molecule has 1 N–H and O–H groups in total. The van der Waals surface area contributed by atoms with Gasteiger partial charge in [-0.25, -0.2) is 0 Å². The van der Waals surface area contributed by atoms with E-state index in [4.69, 9.17) is 4.99 Å². The van der Waals surface area contributed by atoms with Gasteiger partial charge in [-0.05, 0) is 33.3 Å². The molecule has 1 aliphatic rings. The van der Waals surface area contributed by atoms with E-state index in [1.54, 1.807) is 0 Å². The summed E-state index contributed by atoms with van der Waals surface area (Å²) in [5.74, 6) is 1.57. The van der Waals surface area contributed by atoms with Crippen molar-refractivity contribution in [2.24, 2.45) is 4.99 Å². The van der Waals surface area contributed by atoms with E-state index in [1.165, 1.54) is 5.56 Å². The van der Waals surface area contributed by atoms with Crippen LogP contribution in [0.15, 0.2) is 35.3 Å². The van der Waals surface area contributed by atoms with Crippen molar-refractivity contribution in [1.29, 1.82) is 0 Å². The van der Waals surface area contributed by atoms with Gasteiger partial charge in [-0.3, -0.25) is 14.1 Å². The van der Waals surface area contributed by atoms with Crippen LogP contribution in [0.2, 0.25) is 0 Å². The number of hydrogen-bond acceptors (Lipinski definition) is 3. The molecule has 0 aliphatic carbocycles. The number of nitrogens with one attached hydrogen (secondary N) is 1. The fraction of sp³-hybridized carbons (Fsp3) is 0.650. The average molecular weight is 379 g/mol. The molecule has 0 radical (unpaired) electrons. The lowest BCUT2D eigenvalue weighted by Gasteiger charge is -2.36. The number of rotatable bonds is 6. The summed E-state index contributed by atoms with van der Waals surface area (Å²) in [6.07, 6.45) is 0. The second-order valence-corrected chi connectivity index (χ2v) is 9.97. The highest BCUT2D eigenvalue weighted by Crippen LogP contribution is 2.11. The molecule has 1 atom stereocenters. The molecule has 1 aliphatic heterocycles. The molecule has 2 rings (SSSR count). The first kappa shape index (κ1) is 20.9. The van der Waals surface area contributed by atoms with Crippen molar-refractivity contribution in [3.63, 3.8) is 0 Å². The molecule has 5 nitrogen and oxygen atoms in total. The Balaban J connectivity index is 1.85. The zero-order chi connectivity index (χ0) is 19.0. The van der Waals surface area contributed by atoms with Gasteiger partial charge in [-0.2, -0.15) is 0 Å². The van der Waals surface area contributed by atoms with E-state index in [0.717, 1.165) is 45.2 Å². The maximum Gasteiger partial charge on any atom is 0.194 e. The van der Waals surface area contributed by atoms with Gasteiger partial charge in [0.15, 0.2) is 5.96 Å². The van der Waals surface area contributed by atoms with Crippen molar-refractivity contribution < 1.29 is 4.21 Å². The summed E-state index contributed by atoms with van der Waals surface area (Å²) in [6.45, 7) is 14.6. The average Bonchev–Trinajstić information content (AvgIpc) is 2.62. The summed E-state index contributed by atoms with van der Waals surface area (Å²) in [5.41, 5.74) is 1.37. The molecular weight excluding hydrogens is 344 g/mol. The summed E-state index contributed by atoms with van der Waals surface area (Å²) in [7, 11) is -0.853. The normalized spacial score (nSPS) is 18.0. The second-order valence-electron chi connectivity index (χ2n) is 7.65. The SMILES string of the molecule is CCNC(=NCCS(=O)C(C)(C)C)N1CCN(Cc2ccccc2)CC1. The first-order valence-corrected chi connectivity index (χ1v) is 10.9. The number of hydrogen-bond donors (Lipinski definition) is 1. The largest absolute Gasteiger partial charge is 0.357 e. The Morgan fingerprint density at radius 1 is 1.15 bits per heavy atom. The lowest BCUT2D eigenvalue weighted by Crippen LogP contribution is -2.52. The second kappa shape index (κ2) is 10.1. The lowest BCUT2D eigenvalue weighted by molar-refractivity contribution is 0.172. The minimum atomic E-state index is -0.853. The van der Waals surface area contributed by atoms with Crippen molar-refractivity contribution in [1.82, 2.24) is 15.1 Å². The Morgan fingerprint density at radius 3 is 2.38 bits per heavy atom. The van der Waals surface area contributed by atoms with Crippen molar-refractivity contribution >= 4 is 16.8 Å². The van der Waals surface area contributed by atoms with Crippen LogP contribution in [-0.4, -0.2) is 69.7 Å². The minimum Gasteiger partial charge on any atom is -0.357 e. The standard InChI is InChI=1S/C20H34N4OS/c1-5-21-19(22-11-16-26(25)20(2,3)4)24-14-12-23(13-15-24)17-18-9-7-6-8-10-18/h6-10H,5,11-17H2,1-4H3,(H,21,22). The Bertz CT molecular complexity index is 590. The lowest BCUT2D eigenvalue weighted by atomic mass is 10.2. The van der Waals surface area contributed by atoms with Crippen molar-refractivity contribution in [2.75, 3.05) is 45.0 Å². The van der Waals surface area contributed by atoms with E-state index in [1.807, 2.05) is 20.8 Å². The number of guanidine groups is 1. The van der Waals surface area contributed by atoms with Gasteiger partial charge in [0.25, 0.3) is 0 Å². The van der Waals surface area contributed by atoms with Crippen molar-refractivity contribution in [3.05, 3.63) is 35.9 Å². The molecule has 146 valence electrons. The van der Waals surface area contributed by atoms with Gasteiger partial charge in [0, 0.05) is 60.6 Å². The number of benzene rings is 1. The van der Waals surface area contributed by atoms with Gasteiger partial charge < -0.3 is 10.2 Å². The summed E-state index contributed by atoms with van der Waals surface area (Å²) in [5, 5.41) is 3.39. The van der Waals surface area contributed by atoms with Crippen LogP contribution in [-0.2, 0) is 17.3 Å². The van der Waals surface area contributed by atoms with Gasteiger partial charge in [-0.15, -0.1) is 0 Å². The van der Waals surface area contributed by atoms with E-state index in [-0.39, 0.29) is 4.75 Å². The quantitative estimate of drug-likeness (QED) is 0.610. The van der Waals surface area contributed by atoms with Crippen molar-refractivity contribution in [2.45, 2.75) is 39.0 Å². The summed E-state index contributed by atoms with van der Waals surface area (Å²) in [6, 6.07) is 10.6. The molecule has 26 heavy (non-hydrogen) atoms. The third-order valence-electron chi connectivity index (χ3n) is 4.48. The van der Waals surface area contributed by atoms with Crippen LogP contribution < -0.4 is 5.32 Å². The highest BCUT2D eigenvalue weighted by molar-refractivity contribution is 7.86. The monoisotopic (exact) mass is 378 g/mol. The first-order valence-electron chi connectivity index (χ1n) is 9.58. The molecule has 0 saturated carbocycles. The predicted octanol–water partition coefficient (Wildman–Crippen LogP) is 2.32. The maximum absolute atomic E-state index is 12.2. The van der Waals surface area contributed by atoms with Gasteiger partial charge in [-0.1, -0.05) is 30.3 Å². The third kappa shape index (κ3) is 6.72. The molecule has 0 amide bonds. The number of aliphatic imine (C=N–C) groups is 1. The first-order chi connectivity index (χ1) is 12.4. The summed E-state index contributed by atoms with van der Waals surface area (Å²) >= 11 is 0. The Kier molecular flexibility index (Phi) is 8.10. The van der Waals surface area contributed by atoms with Crippen molar-refractivity contribution in [3.8, 4) is 0 Å². The van der Waals surface area contributed by atoms with Crippen LogP contribution in [0.3, 0.4) is 0 Å². The molecule has 1 unspecified atom stereocenters.